The third-order valence-electron chi connectivity index (χ3n) is 5.47. The van der Waals surface area contributed by atoms with Crippen molar-refractivity contribution >= 4 is 11.9 Å². The molecule has 0 spiro atoms. The summed E-state index contributed by atoms with van der Waals surface area (Å²) in [6.07, 6.45) is 5.21. The molecule has 1 N–H and O–H groups in total. The molecule has 0 unspecified atom stereocenters. The van der Waals surface area contributed by atoms with Gasteiger partial charge in [-0.25, -0.2) is 4.79 Å². The van der Waals surface area contributed by atoms with Crippen molar-refractivity contribution in [2.75, 3.05) is 19.6 Å². The van der Waals surface area contributed by atoms with Crippen LogP contribution in [-0.2, 0) is 4.79 Å². The number of carbonyl (C=O) groups excluding carboxylic acids is 2. The number of benzene rings is 1. The van der Waals surface area contributed by atoms with E-state index in [9.17, 15) is 9.59 Å². The van der Waals surface area contributed by atoms with Crippen LogP contribution < -0.4 is 5.32 Å². The number of likely N-dealkylation sites (tertiary alicyclic amines) is 2. The Labute approximate surface area is 143 Å². The standard InChI is InChI=1S/C19H25N3O2/c23-18-7-4-10-22(18)16-12-21(13-16)19(24)20-17(11-14-8-9-14)15-5-2-1-3-6-15/h1-3,5-6,14,16-17H,4,7-13H2,(H,20,24)/t17-/m0/s1. The largest absolute Gasteiger partial charge is 0.336 e. The number of carbonyl (C=O) groups is 2. The second-order valence-corrected chi connectivity index (χ2v) is 7.34. The van der Waals surface area contributed by atoms with E-state index < -0.39 is 0 Å². The third-order valence-corrected chi connectivity index (χ3v) is 5.47. The predicted octanol–water partition coefficient (Wildman–Crippen LogP) is 2.54. The monoisotopic (exact) mass is 327 g/mol. The molecule has 2 aliphatic heterocycles. The number of nitrogens with zero attached hydrogens (tertiary/aromatic N) is 2. The first kappa shape index (κ1) is 15.5. The molecule has 1 atom stereocenters. The van der Waals surface area contributed by atoms with Crippen LogP contribution in [-0.4, -0.2) is 47.4 Å². The third kappa shape index (κ3) is 3.25. The molecule has 1 saturated carbocycles. The normalized spacial score (nSPS) is 22.4. The van der Waals surface area contributed by atoms with E-state index in [1.807, 2.05) is 28.0 Å². The van der Waals surface area contributed by atoms with Crippen LogP contribution in [0.1, 0.15) is 43.7 Å². The van der Waals surface area contributed by atoms with Crippen molar-refractivity contribution in [1.29, 1.82) is 0 Å². The quantitative estimate of drug-likeness (QED) is 0.903. The molecule has 3 fully saturated rings. The van der Waals surface area contributed by atoms with E-state index in [1.165, 1.54) is 18.4 Å². The maximum atomic E-state index is 12.6. The van der Waals surface area contributed by atoms with Gasteiger partial charge in [-0.1, -0.05) is 43.2 Å². The van der Waals surface area contributed by atoms with E-state index in [-0.39, 0.29) is 24.0 Å². The van der Waals surface area contributed by atoms with E-state index >= 15 is 0 Å². The molecule has 4 rings (SSSR count). The Morgan fingerprint density at radius 2 is 1.96 bits per heavy atom. The fourth-order valence-corrected chi connectivity index (χ4v) is 3.76. The fraction of sp³-hybridized carbons (Fsp3) is 0.579. The van der Waals surface area contributed by atoms with Gasteiger partial charge in [0.25, 0.3) is 0 Å². The summed E-state index contributed by atoms with van der Waals surface area (Å²) in [6.45, 7) is 2.19. The molecule has 5 heteroatoms. The van der Waals surface area contributed by atoms with Crippen molar-refractivity contribution in [3.05, 3.63) is 35.9 Å². The summed E-state index contributed by atoms with van der Waals surface area (Å²) in [5.74, 6) is 0.998. The highest BCUT2D eigenvalue weighted by Gasteiger charge is 2.39. The predicted molar refractivity (Wildman–Crippen MR) is 91.4 cm³/mol. The van der Waals surface area contributed by atoms with Crippen LogP contribution in [0.2, 0.25) is 0 Å². The number of urea groups is 1. The first-order valence-electron chi connectivity index (χ1n) is 9.10. The Balaban J connectivity index is 1.33. The maximum absolute atomic E-state index is 12.6. The van der Waals surface area contributed by atoms with Crippen LogP contribution in [0.15, 0.2) is 30.3 Å². The van der Waals surface area contributed by atoms with Crippen LogP contribution in [0, 0.1) is 5.92 Å². The summed E-state index contributed by atoms with van der Waals surface area (Å²) in [5, 5.41) is 3.21. The van der Waals surface area contributed by atoms with Gasteiger partial charge in [0.2, 0.25) is 5.91 Å². The zero-order chi connectivity index (χ0) is 16.5. The summed E-state index contributed by atoms with van der Waals surface area (Å²) >= 11 is 0. The maximum Gasteiger partial charge on any atom is 0.318 e. The lowest BCUT2D eigenvalue weighted by atomic mass is 10.0. The van der Waals surface area contributed by atoms with Crippen LogP contribution in [0.4, 0.5) is 4.79 Å². The van der Waals surface area contributed by atoms with Gasteiger partial charge in [0.05, 0.1) is 12.1 Å². The minimum absolute atomic E-state index is 0.00685. The fourth-order valence-electron chi connectivity index (χ4n) is 3.76. The molecule has 2 saturated heterocycles. The smallest absolute Gasteiger partial charge is 0.318 e. The molecule has 0 radical (unpaired) electrons. The second kappa shape index (κ2) is 6.46. The van der Waals surface area contributed by atoms with Crippen molar-refractivity contribution in [3.8, 4) is 0 Å². The zero-order valence-electron chi connectivity index (χ0n) is 14.0. The van der Waals surface area contributed by atoms with Gasteiger partial charge in [0.15, 0.2) is 0 Å². The van der Waals surface area contributed by atoms with Crippen molar-refractivity contribution in [3.63, 3.8) is 0 Å². The molecule has 0 aromatic heterocycles. The Morgan fingerprint density at radius 3 is 2.58 bits per heavy atom. The lowest BCUT2D eigenvalue weighted by Gasteiger charge is -2.44. The molecular formula is C19H25N3O2. The highest BCUT2D eigenvalue weighted by Crippen LogP contribution is 2.37. The Bertz CT molecular complexity index is 608. The average molecular weight is 327 g/mol. The highest BCUT2D eigenvalue weighted by atomic mass is 16.2. The molecule has 24 heavy (non-hydrogen) atoms. The minimum Gasteiger partial charge on any atom is -0.336 e. The number of amides is 3. The topological polar surface area (TPSA) is 52.7 Å². The molecule has 3 amide bonds. The van der Waals surface area contributed by atoms with Gasteiger partial charge in [-0.05, 0) is 24.3 Å². The van der Waals surface area contributed by atoms with Crippen molar-refractivity contribution < 1.29 is 9.59 Å². The van der Waals surface area contributed by atoms with E-state index in [1.54, 1.807) is 0 Å². The SMILES string of the molecule is O=C(N[C@@H](CC1CC1)c1ccccc1)N1CC(N2CCCC2=O)C1. The van der Waals surface area contributed by atoms with Gasteiger partial charge in [0, 0.05) is 26.1 Å². The van der Waals surface area contributed by atoms with Crippen molar-refractivity contribution in [1.82, 2.24) is 15.1 Å². The first-order valence-corrected chi connectivity index (χ1v) is 9.10. The second-order valence-electron chi connectivity index (χ2n) is 7.34. The van der Waals surface area contributed by atoms with Gasteiger partial charge >= 0.3 is 6.03 Å². The zero-order valence-corrected chi connectivity index (χ0v) is 14.0. The minimum atomic E-state index is 0.00685. The molecule has 0 bridgehead atoms. The molecule has 128 valence electrons. The molecule has 1 aromatic carbocycles. The summed E-state index contributed by atoms with van der Waals surface area (Å²) in [6, 6.07) is 10.6. The summed E-state index contributed by atoms with van der Waals surface area (Å²) in [7, 11) is 0. The molecule has 1 aliphatic carbocycles. The van der Waals surface area contributed by atoms with E-state index in [2.05, 4.69) is 17.4 Å². The lowest BCUT2D eigenvalue weighted by Crippen LogP contribution is -2.63. The van der Waals surface area contributed by atoms with E-state index in [4.69, 9.17) is 0 Å². The Kier molecular flexibility index (Phi) is 4.17. The summed E-state index contributed by atoms with van der Waals surface area (Å²) < 4.78 is 0. The van der Waals surface area contributed by atoms with Gasteiger partial charge < -0.3 is 15.1 Å². The summed E-state index contributed by atoms with van der Waals surface area (Å²) in [5.41, 5.74) is 1.18. The van der Waals surface area contributed by atoms with Gasteiger partial charge in [-0.15, -0.1) is 0 Å². The summed E-state index contributed by atoms with van der Waals surface area (Å²) in [4.78, 5) is 28.1. The van der Waals surface area contributed by atoms with Crippen molar-refractivity contribution in [2.24, 2.45) is 5.92 Å². The molecular weight excluding hydrogens is 302 g/mol. The molecule has 2 heterocycles. The average Bonchev–Trinajstić information content (AvgIpc) is 3.27. The van der Waals surface area contributed by atoms with E-state index in [0.29, 0.717) is 19.5 Å². The molecule has 5 nitrogen and oxygen atoms in total. The lowest BCUT2D eigenvalue weighted by molar-refractivity contribution is -0.132. The number of hydrogen-bond donors (Lipinski definition) is 1. The van der Waals surface area contributed by atoms with Crippen LogP contribution in [0.25, 0.3) is 0 Å². The van der Waals surface area contributed by atoms with Gasteiger partial charge in [0.1, 0.15) is 0 Å². The van der Waals surface area contributed by atoms with Gasteiger partial charge in [-0.3, -0.25) is 4.79 Å². The number of hydrogen-bond acceptors (Lipinski definition) is 2. The van der Waals surface area contributed by atoms with Gasteiger partial charge in [-0.2, -0.15) is 0 Å². The Morgan fingerprint density at radius 1 is 1.21 bits per heavy atom. The highest BCUT2D eigenvalue weighted by molar-refractivity contribution is 5.80. The van der Waals surface area contributed by atoms with Crippen LogP contribution >= 0.6 is 0 Å². The number of rotatable bonds is 5. The van der Waals surface area contributed by atoms with E-state index in [0.717, 1.165) is 25.3 Å². The van der Waals surface area contributed by atoms with Crippen LogP contribution in [0.5, 0.6) is 0 Å². The van der Waals surface area contributed by atoms with Crippen LogP contribution in [0.3, 0.4) is 0 Å². The first-order chi connectivity index (χ1) is 11.7. The van der Waals surface area contributed by atoms with Crippen molar-refractivity contribution in [2.45, 2.75) is 44.2 Å². The Hall–Kier alpha value is -2.04. The molecule has 1 aromatic rings. The number of nitrogens with one attached hydrogen (secondary N) is 1. The molecule has 3 aliphatic rings.